The Kier molecular flexibility index (Phi) is 23.4. The molecule has 0 aliphatic heterocycles. The zero-order valence-electron chi connectivity index (χ0n) is 32.2. The standard InChI is InChI=1S/C23H34O2S.C18H30O2.I2.HI/c1-7-9-18(3)16-21(22-19(4)10-8-15-23(22,5)6)26(24,25)20-13-11-17(2)12-14-20;1-14(11-13-20-16(3)19)8-6-10-17-15(2)9-7-12-18(17,4)5;1-2;/h9,11-14,21H,7-8,10,15-16H2,1-6H3;11H,6-10,12-13H2,1-5H3;;1H. The van der Waals surface area contributed by atoms with Crippen molar-refractivity contribution in [1.29, 1.82) is 0 Å². The van der Waals surface area contributed by atoms with Crippen LogP contribution in [0.3, 0.4) is 0 Å². The van der Waals surface area contributed by atoms with Crippen molar-refractivity contribution in [1.82, 2.24) is 0 Å². The molecule has 1 aromatic carbocycles. The Morgan fingerprint density at radius 1 is 0.878 bits per heavy atom. The van der Waals surface area contributed by atoms with Gasteiger partial charge in [0, 0.05) is 44.2 Å². The van der Waals surface area contributed by atoms with Crippen LogP contribution in [-0.2, 0) is 19.4 Å². The Balaban J connectivity index is 0.000000905. The molecule has 0 saturated carbocycles. The van der Waals surface area contributed by atoms with E-state index in [2.05, 4.69) is 106 Å². The van der Waals surface area contributed by atoms with Crippen molar-refractivity contribution < 1.29 is 17.9 Å². The third kappa shape index (κ3) is 16.1. The van der Waals surface area contributed by atoms with Gasteiger partial charge in [-0.3, -0.25) is 4.79 Å². The molecule has 2 aliphatic carbocycles. The molecule has 0 fully saturated rings. The first-order chi connectivity index (χ1) is 22.4. The first kappa shape index (κ1) is 48.8. The molecule has 0 heterocycles. The Morgan fingerprint density at radius 2 is 1.43 bits per heavy atom. The minimum atomic E-state index is -3.43. The van der Waals surface area contributed by atoms with Crippen molar-refractivity contribution in [3.8, 4) is 0 Å². The van der Waals surface area contributed by atoms with Gasteiger partial charge in [-0.15, -0.1) is 24.0 Å². The number of hydrogen-bond acceptors (Lipinski definition) is 4. The second kappa shape index (κ2) is 23.5. The third-order valence-electron chi connectivity index (χ3n) is 10.1. The van der Waals surface area contributed by atoms with Gasteiger partial charge in [-0.2, -0.15) is 0 Å². The van der Waals surface area contributed by atoms with Crippen LogP contribution in [0.25, 0.3) is 0 Å². The average Bonchev–Trinajstić information content (AvgIpc) is 2.99. The molecule has 0 spiro atoms. The zero-order valence-corrected chi connectivity index (χ0v) is 39.7. The molecule has 280 valence electrons. The highest BCUT2D eigenvalue weighted by Crippen LogP contribution is 2.46. The monoisotopic (exact) mass is 1030 g/mol. The van der Waals surface area contributed by atoms with Crippen LogP contribution in [0.2, 0.25) is 0 Å². The molecular formula is C41H65I3O4S. The lowest BCUT2D eigenvalue weighted by molar-refractivity contribution is -0.139. The quantitative estimate of drug-likeness (QED) is 0.119. The van der Waals surface area contributed by atoms with Gasteiger partial charge in [0.25, 0.3) is 0 Å². The first-order valence-corrected chi connectivity index (χ1v) is 25.5. The lowest BCUT2D eigenvalue weighted by Crippen LogP contribution is -2.34. The van der Waals surface area contributed by atoms with Crippen molar-refractivity contribution >= 4 is 77.0 Å². The van der Waals surface area contributed by atoms with Crippen LogP contribution < -0.4 is 0 Å². The molecule has 49 heavy (non-hydrogen) atoms. The predicted molar refractivity (Wildman–Crippen MR) is 239 cm³/mol. The Morgan fingerprint density at radius 3 is 1.94 bits per heavy atom. The van der Waals surface area contributed by atoms with Crippen LogP contribution in [0, 0.1) is 17.8 Å². The summed E-state index contributed by atoms with van der Waals surface area (Å²) in [6.07, 6.45) is 16.3. The van der Waals surface area contributed by atoms with E-state index >= 15 is 0 Å². The summed E-state index contributed by atoms with van der Waals surface area (Å²) in [4.78, 5) is 11.1. The Hall–Kier alpha value is -0.210. The van der Waals surface area contributed by atoms with Crippen LogP contribution in [0.4, 0.5) is 0 Å². The number of halogens is 3. The normalized spacial score (nSPS) is 18.3. The topological polar surface area (TPSA) is 60.4 Å². The van der Waals surface area contributed by atoms with E-state index < -0.39 is 15.1 Å². The molecule has 1 unspecified atom stereocenters. The maximum Gasteiger partial charge on any atom is 0.302 e. The van der Waals surface area contributed by atoms with Crippen LogP contribution >= 0.6 is 61.2 Å². The van der Waals surface area contributed by atoms with Gasteiger partial charge >= 0.3 is 5.97 Å². The van der Waals surface area contributed by atoms with Crippen molar-refractivity contribution in [2.45, 2.75) is 157 Å². The molecule has 4 nitrogen and oxygen atoms in total. The average molecular weight is 1030 g/mol. The van der Waals surface area contributed by atoms with Gasteiger partial charge in [0.1, 0.15) is 6.61 Å². The van der Waals surface area contributed by atoms with E-state index in [1.165, 1.54) is 50.2 Å². The molecule has 0 N–H and O–H groups in total. The van der Waals surface area contributed by atoms with Gasteiger partial charge in [-0.25, -0.2) is 8.42 Å². The number of ether oxygens (including phenoxy) is 1. The molecular weight excluding hydrogens is 969 g/mol. The fourth-order valence-corrected chi connectivity index (χ4v) is 9.67. The number of hydrogen-bond donors (Lipinski definition) is 0. The summed E-state index contributed by atoms with van der Waals surface area (Å²) in [5, 5.41) is -0.469. The van der Waals surface area contributed by atoms with Gasteiger partial charge in [-0.1, -0.05) is 86.3 Å². The molecule has 0 aromatic heterocycles. The zero-order chi connectivity index (χ0) is 36.7. The molecule has 0 radical (unpaired) electrons. The second-order valence-electron chi connectivity index (χ2n) is 15.1. The molecule has 3 rings (SSSR count). The Labute approximate surface area is 341 Å². The van der Waals surface area contributed by atoms with Crippen LogP contribution in [0.15, 0.2) is 74.8 Å². The molecule has 0 saturated heterocycles. The molecule has 0 bridgehead atoms. The van der Waals surface area contributed by atoms with Gasteiger partial charge in [0.2, 0.25) is 0 Å². The molecule has 0 amide bonds. The van der Waals surface area contributed by atoms with E-state index in [9.17, 15) is 13.2 Å². The van der Waals surface area contributed by atoms with Crippen LogP contribution in [-0.4, -0.2) is 26.2 Å². The third-order valence-corrected chi connectivity index (χ3v) is 12.1. The summed E-state index contributed by atoms with van der Waals surface area (Å²) in [5.41, 5.74) is 9.58. The number of allylic oxidation sites excluding steroid dienone is 6. The van der Waals surface area contributed by atoms with E-state index in [0.717, 1.165) is 48.8 Å². The van der Waals surface area contributed by atoms with Crippen LogP contribution in [0.5, 0.6) is 0 Å². The maximum atomic E-state index is 13.7. The van der Waals surface area contributed by atoms with Crippen molar-refractivity contribution in [2.24, 2.45) is 10.8 Å². The van der Waals surface area contributed by atoms with Gasteiger partial charge in [0.15, 0.2) is 9.84 Å². The highest BCUT2D eigenvalue weighted by molar-refractivity contribution is 15.0. The number of benzene rings is 1. The van der Waals surface area contributed by atoms with E-state index in [0.29, 0.717) is 23.3 Å². The van der Waals surface area contributed by atoms with E-state index in [4.69, 9.17) is 4.74 Å². The van der Waals surface area contributed by atoms with E-state index in [-0.39, 0.29) is 35.4 Å². The summed E-state index contributed by atoms with van der Waals surface area (Å²) in [6, 6.07) is 7.32. The fraction of sp³-hybridized carbons (Fsp3) is 0.634. The summed E-state index contributed by atoms with van der Waals surface area (Å²) in [7, 11) is -3.43. The van der Waals surface area contributed by atoms with Crippen molar-refractivity contribution in [3.63, 3.8) is 0 Å². The molecule has 1 atom stereocenters. The second-order valence-corrected chi connectivity index (χ2v) is 17.3. The summed E-state index contributed by atoms with van der Waals surface area (Å²) in [5.74, 6) is -0.209. The summed E-state index contributed by atoms with van der Waals surface area (Å²) in [6.45, 7) is 23.8. The highest BCUT2D eigenvalue weighted by Gasteiger charge is 2.40. The summed E-state index contributed by atoms with van der Waals surface area (Å²) < 4.78 is 32.2. The number of sulfone groups is 1. The number of carbonyl (C=O) groups is 1. The van der Waals surface area contributed by atoms with E-state index in [1.807, 2.05) is 25.1 Å². The number of aryl methyl sites for hydroxylation is 1. The van der Waals surface area contributed by atoms with Gasteiger partial charge in [-0.05, 0) is 140 Å². The van der Waals surface area contributed by atoms with E-state index in [1.54, 1.807) is 23.3 Å². The van der Waals surface area contributed by atoms with Gasteiger partial charge in [0.05, 0.1) is 10.1 Å². The number of esters is 1. The Bertz CT molecular complexity index is 1410. The van der Waals surface area contributed by atoms with Crippen LogP contribution in [0.1, 0.15) is 145 Å². The SMILES string of the molecule is CC(=O)OCC=C(C)CCCC1=C(C)CCCC1(C)C.CCC=C(C)CC(C1=C(C)CCCC1(C)C)S(=O)(=O)c1ccc(C)cc1.I.II. The first-order valence-electron chi connectivity index (χ1n) is 17.7. The molecule has 2 aliphatic rings. The summed E-state index contributed by atoms with van der Waals surface area (Å²) >= 11 is 4.24. The molecule has 1 aromatic rings. The lowest BCUT2D eigenvalue weighted by atomic mass is 9.70. The maximum absolute atomic E-state index is 13.7. The highest BCUT2D eigenvalue weighted by atomic mass is 128. The minimum absolute atomic E-state index is 0. The lowest BCUT2D eigenvalue weighted by Gasteiger charge is -2.39. The van der Waals surface area contributed by atoms with Gasteiger partial charge < -0.3 is 4.74 Å². The number of carbonyl (C=O) groups excluding carboxylic acids is 1. The largest absolute Gasteiger partial charge is 0.462 e. The predicted octanol–water partition coefficient (Wildman–Crippen LogP) is 14.0. The molecule has 8 heteroatoms. The smallest absolute Gasteiger partial charge is 0.302 e. The van der Waals surface area contributed by atoms with Crippen molar-refractivity contribution in [2.75, 3.05) is 6.61 Å². The number of rotatable bonds is 12. The van der Waals surface area contributed by atoms with Crippen molar-refractivity contribution in [3.05, 3.63) is 75.4 Å². The minimum Gasteiger partial charge on any atom is -0.462 e. The fourth-order valence-electron chi connectivity index (χ4n) is 7.51.